The van der Waals surface area contributed by atoms with Gasteiger partial charge in [0, 0.05) is 36.8 Å². The van der Waals surface area contributed by atoms with Crippen LogP contribution in [-0.2, 0) is 6.54 Å². The third-order valence-electron chi connectivity index (χ3n) is 3.47. The lowest BCUT2D eigenvalue weighted by Crippen LogP contribution is -2.44. The first kappa shape index (κ1) is 13.8. The molecule has 1 aliphatic heterocycles. The van der Waals surface area contributed by atoms with E-state index in [2.05, 4.69) is 41.1 Å². The molecule has 18 heavy (non-hydrogen) atoms. The molecule has 1 atom stereocenters. The van der Waals surface area contributed by atoms with Crippen LogP contribution in [0.3, 0.4) is 0 Å². The Morgan fingerprint density at radius 1 is 1.56 bits per heavy atom. The molecule has 0 amide bonds. The predicted molar refractivity (Wildman–Crippen MR) is 78.3 cm³/mol. The largest absolute Gasteiger partial charge is 0.362 e. The summed E-state index contributed by atoms with van der Waals surface area (Å²) in [5.74, 6) is 0. The zero-order valence-corrected chi connectivity index (χ0v) is 12.5. The lowest BCUT2D eigenvalue weighted by molar-refractivity contribution is 0.128. The van der Waals surface area contributed by atoms with Crippen LogP contribution in [0.4, 0.5) is 5.13 Å². The molecule has 1 aliphatic rings. The van der Waals surface area contributed by atoms with E-state index in [9.17, 15) is 0 Å². The molecule has 1 aromatic rings. The molecule has 0 aliphatic carbocycles. The Bertz CT molecular complexity index is 364. The second-order valence-corrected chi connectivity index (χ2v) is 6.27. The molecule has 0 radical (unpaired) electrons. The van der Waals surface area contributed by atoms with Crippen molar-refractivity contribution in [2.24, 2.45) is 0 Å². The molecule has 102 valence electrons. The van der Waals surface area contributed by atoms with Crippen molar-refractivity contribution in [1.82, 2.24) is 14.8 Å². The summed E-state index contributed by atoms with van der Waals surface area (Å²) in [6, 6.07) is 0.708. The van der Waals surface area contributed by atoms with Gasteiger partial charge in [0.05, 0.1) is 0 Å². The summed E-state index contributed by atoms with van der Waals surface area (Å²) in [4.78, 5) is 10.7. The molecule has 1 unspecified atom stereocenters. The minimum atomic E-state index is 0.708. The van der Waals surface area contributed by atoms with Crippen LogP contribution in [0.2, 0.25) is 0 Å². The first-order valence-electron chi connectivity index (χ1n) is 6.76. The fraction of sp³-hybridized carbons (Fsp3) is 0.769. The maximum atomic E-state index is 4.40. The van der Waals surface area contributed by atoms with Crippen LogP contribution in [0.25, 0.3) is 0 Å². The highest BCUT2D eigenvalue weighted by molar-refractivity contribution is 7.15. The van der Waals surface area contributed by atoms with Crippen molar-refractivity contribution in [2.45, 2.75) is 32.4 Å². The normalized spacial score (nSPS) is 21.4. The average molecular weight is 268 g/mol. The van der Waals surface area contributed by atoms with Gasteiger partial charge in [-0.3, -0.25) is 4.90 Å². The Labute approximate surface area is 114 Å². The van der Waals surface area contributed by atoms with Gasteiger partial charge in [-0.05, 0) is 40.4 Å². The molecule has 4 nitrogen and oxygen atoms in total. The number of piperidine rings is 1. The number of likely N-dealkylation sites (tertiary alicyclic amines) is 1. The highest BCUT2D eigenvalue weighted by Crippen LogP contribution is 2.22. The Morgan fingerprint density at radius 2 is 2.39 bits per heavy atom. The monoisotopic (exact) mass is 268 g/mol. The number of hydrogen-bond donors (Lipinski definition) is 1. The van der Waals surface area contributed by atoms with Crippen molar-refractivity contribution in [2.75, 3.05) is 39.0 Å². The van der Waals surface area contributed by atoms with E-state index in [-0.39, 0.29) is 0 Å². The molecule has 1 saturated heterocycles. The van der Waals surface area contributed by atoms with Crippen LogP contribution >= 0.6 is 11.3 Å². The lowest BCUT2D eigenvalue weighted by atomic mass is 10.1. The molecular formula is C13H24N4S. The second kappa shape index (κ2) is 6.50. The Hall–Kier alpha value is -0.650. The third-order valence-corrected chi connectivity index (χ3v) is 4.41. The van der Waals surface area contributed by atoms with Crippen LogP contribution in [-0.4, -0.2) is 54.6 Å². The lowest BCUT2D eigenvalue weighted by Gasteiger charge is -2.35. The summed E-state index contributed by atoms with van der Waals surface area (Å²) in [5.41, 5.74) is 0. The van der Waals surface area contributed by atoms with Gasteiger partial charge < -0.3 is 10.2 Å². The van der Waals surface area contributed by atoms with Crippen LogP contribution in [0, 0.1) is 0 Å². The molecule has 5 heteroatoms. The number of nitrogens with one attached hydrogen (secondary N) is 1. The molecule has 0 saturated carbocycles. The van der Waals surface area contributed by atoms with Gasteiger partial charge in [0.2, 0.25) is 0 Å². The van der Waals surface area contributed by atoms with Gasteiger partial charge in [-0.25, -0.2) is 4.98 Å². The van der Waals surface area contributed by atoms with Gasteiger partial charge >= 0.3 is 0 Å². The van der Waals surface area contributed by atoms with Crippen molar-refractivity contribution in [3.8, 4) is 0 Å². The first-order valence-corrected chi connectivity index (χ1v) is 7.58. The molecule has 1 aromatic heterocycles. The highest BCUT2D eigenvalue weighted by Gasteiger charge is 2.21. The molecule has 1 fully saturated rings. The van der Waals surface area contributed by atoms with E-state index in [1.54, 1.807) is 11.3 Å². The Kier molecular flexibility index (Phi) is 4.97. The molecule has 0 spiro atoms. The zero-order chi connectivity index (χ0) is 13.0. The summed E-state index contributed by atoms with van der Waals surface area (Å²) in [5, 5.41) is 4.32. The fourth-order valence-electron chi connectivity index (χ4n) is 2.43. The third kappa shape index (κ3) is 3.67. The number of nitrogens with zero attached hydrogens (tertiary/aromatic N) is 3. The van der Waals surface area contributed by atoms with E-state index in [1.165, 1.54) is 30.8 Å². The molecule has 0 bridgehead atoms. The summed E-state index contributed by atoms with van der Waals surface area (Å²) in [7, 11) is 4.37. The summed E-state index contributed by atoms with van der Waals surface area (Å²) < 4.78 is 0. The van der Waals surface area contributed by atoms with Crippen molar-refractivity contribution >= 4 is 16.5 Å². The Morgan fingerprint density at radius 3 is 3.11 bits per heavy atom. The number of anilines is 1. The van der Waals surface area contributed by atoms with E-state index < -0.39 is 0 Å². The quantitative estimate of drug-likeness (QED) is 0.886. The van der Waals surface area contributed by atoms with E-state index >= 15 is 0 Å². The predicted octanol–water partition coefficient (Wildman–Crippen LogP) is 2.10. The van der Waals surface area contributed by atoms with Crippen molar-refractivity contribution in [3.05, 3.63) is 11.1 Å². The molecule has 2 rings (SSSR count). The van der Waals surface area contributed by atoms with Crippen LogP contribution in [0.1, 0.15) is 24.6 Å². The maximum absolute atomic E-state index is 4.40. The van der Waals surface area contributed by atoms with Gasteiger partial charge in [0.15, 0.2) is 5.13 Å². The number of likely N-dealkylation sites (N-methyl/N-ethyl adjacent to an activating group) is 1. The van der Waals surface area contributed by atoms with E-state index in [0.29, 0.717) is 6.04 Å². The topological polar surface area (TPSA) is 31.4 Å². The Balaban J connectivity index is 1.87. The number of hydrogen-bond acceptors (Lipinski definition) is 5. The molecular weight excluding hydrogens is 244 g/mol. The zero-order valence-electron chi connectivity index (χ0n) is 11.6. The summed E-state index contributed by atoms with van der Waals surface area (Å²) in [6.07, 6.45) is 4.65. The summed E-state index contributed by atoms with van der Waals surface area (Å²) in [6.45, 7) is 6.50. The standard InChI is InChI=1S/C13H24N4S/c1-4-14-13-15-8-12(18-13)10-17-7-5-6-11(9-17)16(2)3/h8,11H,4-7,9-10H2,1-3H3,(H,14,15). The fourth-order valence-corrected chi connectivity index (χ4v) is 3.35. The molecule has 0 aromatic carbocycles. The molecule has 2 heterocycles. The molecule has 1 N–H and O–H groups in total. The van der Waals surface area contributed by atoms with Gasteiger partial charge in [-0.1, -0.05) is 0 Å². The number of rotatable bonds is 5. The minimum Gasteiger partial charge on any atom is -0.362 e. The van der Waals surface area contributed by atoms with Crippen LogP contribution < -0.4 is 5.32 Å². The van der Waals surface area contributed by atoms with Gasteiger partial charge in [0.1, 0.15) is 0 Å². The number of aromatic nitrogens is 1. The van der Waals surface area contributed by atoms with Crippen molar-refractivity contribution < 1.29 is 0 Å². The van der Waals surface area contributed by atoms with Crippen molar-refractivity contribution in [3.63, 3.8) is 0 Å². The van der Waals surface area contributed by atoms with Gasteiger partial charge in [-0.15, -0.1) is 11.3 Å². The SMILES string of the molecule is CCNc1ncc(CN2CCCC(N(C)C)C2)s1. The number of thiazole rings is 1. The smallest absolute Gasteiger partial charge is 0.182 e. The van der Waals surface area contributed by atoms with E-state index in [4.69, 9.17) is 0 Å². The van der Waals surface area contributed by atoms with Gasteiger partial charge in [0.25, 0.3) is 0 Å². The second-order valence-electron chi connectivity index (χ2n) is 5.16. The van der Waals surface area contributed by atoms with Crippen molar-refractivity contribution in [1.29, 1.82) is 0 Å². The first-order chi connectivity index (χ1) is 8.69. The minimum absolute atomic E-state index is 0.708. The maximum Gasteiger partial charge on any atom is 0.182 e. The van der Waals surface area contributed by atoms with Crippen LogP contribution in [0.15, 0.2) is 6.20 Å². The van der Waals surface area contributed by atoms with Gasteiger partial charge in [-0.2, -0.15) is 0 Å². The highest BCUT2D eigenvalue weighted by atomic mass is 32.1. The van der Waals surface area contributed by atoms with Crippen LogP contribution in [0.5, 0.6) is 0 Å². The van der Waals surface area contributed by atoms with E-state index in [1.807, 2.05) is 6.20 Å². The average Bonchev–Trinajstić information content (AvgIpc) is 2.77. The van der Waals surface area contributed by atoms with E-state index in [0.717, 1.165) is 18.2 Å². The summed E-state index contributed by atoms with van der Waals surface area (Å²) >= 11 is 1.78.